The fourth-order valence-electron chi connectivity index (χ4n) is 1.92. The van der Waals surface area contributed by atoms with Crippen LogP contribution in [0.3, 0.4) is 0 Å². The van der Waals surface area contributed by atoms with Crippen LogP contribution in [0.5, 0.6) is 5.75 Å². The van der Waals surface area contributed by atoms with Crippen molar-refractivity contribution in [2.75, 3.05) is 0 Å². The summed E-state index contributed by atoms with van der Waals surface area (Å²) < 4.78 is 4.81. The molecule has 0 radical (unpaired) electrons. The Morgan fingerprint density at radius 1 is 1.00 bits per heavy atom. The van der Waals surface area contributed by atoms with Crippen LogP contribution in [-0.2, 0) is 0 Å². The van der Waals surface area contributed by atoms with E-state index in [1.54, 1.807) is 12.1 Å². The van der Waals surface area contributed by atoms with Crippen LogP contribution < -0.4 is 4.74 Å². The van der Waals surface area contributed by atoms with Gasteiger partial charge in [-0.1, -0.05) is 36.4 Å². The molecule has 92 valence electrons. The molecule has 1 N–H and O–H groups in total. The number of para-hydroxylation sites is 1. The Bertz CT molecular complexity index is 588. The molecule has 3 nitrogen and oxygen atoms in total. The van der Waals surface area contributed by atoms with Crippen molar-refractivity contribution in [1.29, 1.82) is 0 Å². The monoisotopic (exact) mass is 242 g/mol. The molecule has 0 aliphatic rings. The summed E-state index contributed by atoms with van der Waals surface area (Å²) in [6, 6.07) is 13.1. The first-order chi connectivity index (χ1) is 8.59. The third-order valence-electron chi connectivity index (χ3n) is 2.98. The second-order valence-electron chi connectivity index (χ2n) is 4.11. The summed E-state index contributed by atoms with van der Waals surface area (Å²) >= 11 is 0. The van der Waals surface area contributed by atoms with Gasteiger partial charge in [-0.15, -0.1) is 0 Å². The Labute approximate surface area is 106 Å². The highest BCUT2D eigenvalue weighted by Crippen LogP contribution is 2.33. The molecule has 0 aliphatic heterocycles. The lowest BCUT2D eigenvalue weighted by Gasteiger charge is -2.12. The van der Waals surface area contributed by atoms with Crippen molar-refractivity contribution in [3.63, 3.8) is 0 Å². The molecule has 0 heterocycles. The summed E-state index contributed by atoms with van der Waals surface area (Å²) in [6.45, 7) is 4.04. The van der Waals surface area contributed by atoms with Gasteiger partial charge >= 0.3 is 6.16 Å². The summed E-state index contributed by atoms with van der Waals surface area (Å²) in [5, 5.41) is 8.74. The summed E-state index contributed by atoms with van der Waals surface area (Å²) in [5.41, 5.74) is 4.07. The molecule has 0 unspecified atom stereocenters. The Morgan fingerprint density at radius 2 is 1.67 bits per heavy atom. The topological polar surface area (TPSA) is 46.5 Å². The number of carboxylic acid groups (broad SMARTS) is 1. The van der Waals surface area contributed by atoms with Crippen LogP contribution in [0.15, 0.2) is 42.5 Å². The van der Waals surface area contributed by atoms with Crippen molar-refractivity contribution < 1.29 is 14.6 Å². The van der Waals surface area contributed by atoms with Crippen LogP contribution in [0, 0.1) is 13.8 Å². The van der Waals surface area contributed by atoms with Crippen LogP contribution in [0.25, 0.3) is 11.1 Å². The molecule has 0 atom stereocenters. The molecular weight excluding hydrogens is 228 g/mol. The predicted molar refractivity (Wildman–Crippen MR) is 70.0 cm³/mol. The maximum absolute atomic E-state index is 10.7. The predicted octanol–water partition coefficient (Wildman–Crippen LogP) is 4.03. The third kappa shape index (κ3) is 2.35. The average molecular weight is 242 g/mol. The first-order valence-corrected chi connectivity index (χ1v) is 5.66. The van der Waals surface area contributed by atoms with Gasteiger partial charge in [-0.05, 0) is 36.6 Å². The van der Waals surface area contributed by atoms with Crippen molar-refractivity contribution in [2.24, 2.45) is 0 Å². The summed E-state index contributed by atoms with van der Waals surface area (Å²) in [6.07, 6.45) is -1.30. The van der Waals surface area contributed by atoms with Crippen molar-refractivity contribution in [1.82, 2.24) is 0 Å². The van der Waals surface area contributed by atoms with Gasteiger partial charge in [0.15, 0.2) is 0 Å². The van der Waals surface area contributed by atoms with E-state index < -0.39 is 6.16 Å². The van der Waals surface area contributed by atoms with Crippen LogP contribution in [0.2, 0.25) is 0 Å². The van der Waals surface area contributed by atoms with E-state index >= 15 is 0 Å². The Morgan fingerprint density at radius 3 is 2.39 bits per heavy atom. The van der Waals surface area contributed by atoms with Crippen molar-refractivity contribution in [3.8, 4) is 16.9 Å². The number of aryl methyl sites for hydroxylation is 1. The molecular formula is C15H14O3. The molecule has 0 aromatic heterocycles. The SMILES string of the molecule is Cc1cccc(-c2ccccc2OC(=O)O)c1C. The zero-order valence-electron chi connectivity index (χ0n) is 10.3. The summed E-state index contributed by atoms with van der Waals surface area (Å²) in [7, 11) is 0. The fourth-order valence-corrected chi connectivity index (χ4v) is 1.92. The van der Waals surface area contributed by atoms with Crippen molar-refractivity contribution >= 4 is 6.16 Å². The second-order valence-corrected chi connectivity index (χ2v) is 4.11. The molecule has 0 amide bonds. The Balaban J connectivity index is 2.57. The van der Waals surface area contributed by atoms with E-state index in [-0.39, 0.29) is 0 Å². The zero-order chi connectivity index (χ0) is 13.1. The Hall–Kier alpha value is -2.29. The molecule has 2 aromatic carbocycles. The largest absolute Gasteiger partial charge is 0.511 e. The number of rotatable bonds is 2. The molecule has 0 fully saturated rings. The van der Waals surface area contributed by atoms with Crippen LogP contribution in [0.4, 0.5) is 4.79 Å². The zero-order valence-corrected chi connectivity index (χ0v) is 10.3. The van der Waals surface area contributed by atoms with E-state index in [4.69, 9.17) is 9.84 Å². The molecule has 18 heavy (non-hydrogen) atoms. The van der Waals surface area contributed by atoms with Gasteiger partial charge in [0.2, 0.25) is 0 Å². The summed E-state index contributed by atoms with van der Waals surface area (Å²) in [5.74, 6) is 0.360. The lowest BCUT2D eigenvalue weighted by Crippen LogP contribution is -2.04. The lowest BCUT2D eigenvalue weighted by atomic mass is 9.96. The van der Waals surface area contributed by atoms with Crippen LogP contribution in [0.1, 0.15) is 11.1 Å². The highest BCUT2D eigenvalue weighted by molar-refractivity contribution is 5.76. The second kappa shape index (κ2) is 4.92. The van der Waals surface area contributed by atoms with E-state index in [0.29, 0.717) is 5.75 Å². The minimum absolute atomic E-state index is 0.360. The number of ether oxygens (including phenoxy) is 1. The van der Waals surface area contributed by atoms with Gasteiger partial charge in [0.1, 0.15) is 5.75 Å². The number of carbonyl (C=O) groups is 1. The lowest BCUT2D eigenvalue weighted by molar-refractivity contribution is 0.144. The minimum Gasteiger partial charge on any atom is -0.449 e. The average Bonchev–Trinajstić information content (AvgIpc) is 2.33. The number of hydrogen-bond acceptors (Lipinski definition) is 2. The fraction of sp³-hybridized carbons (Fsp3) is 0.133. The minimum atomic E-state index is -1.30. The molecule has 0 spiro atoms. The van der Waals surface area contributed by atoms with E-state index in [0.717, 1.165) is 22.3 Å². The Kier molecular flexibility index (Phi) is 3.33. The maximum atomic E-state index is 10.7. The van der Waals surface area contributed by atoms with E-state index in [9.17, 15) is 4.79 Å². The molecule has 0 bridgehead atoms. The summed E-state index contributed by atoms with van der Waals surface area (Å²) in [4.78, 5) is 10.7. The maximum Gasteiger partial charge on any atom is 0.511 e. The first kappa shape index (κ1) is 12.2. The molecule has 2 rings (SSSR count). The molecule has 2 aromatic rings. The molecule has 0 aliphatic carbocycles. The molecule has 0 saturated carbocycles. The molecule has 3 heteroatoms. The van der Waals surface area contributed by atoms with Gasteiger partial charge in [0.25, 0.3) is 0 Å². The third-order valence-corrected chi connectivity index (χ3v) is 2.98. The highest BCUT2D eigenvalue weighted by atomic mass is 16.7. The quantitative estimate of drug-likeness (QED) is 0.639. The normalized spacial score (nSPS) is 10.1. The van der Waals surface area contributed by atoms with Crippen molar-refractivity contribution in [2.45, 2.75) is 13.8 Å². The first-order valence-electron chi connectivity index (χ1n) is 5.66. The van der Waals surface area contributed by atoms with Gasteiger partial charge < -0.3 is 9.84 Å². The van der Waals surface area contributed by atoms with Gasteiger partial charge in [-0.25, -0.2) is 4.79 Å². The van der Waals surface area contributed by atoms with Crippen molar-refractivity contribution in [3.05, 3.63) is 53.6 Å². The van der Waals surface area contributed by atoms with Gasteiger partial charge in [-0.2, -0.15) is 0 Å². The van der Waals surface area contributed by atoms with E-state index in [2.05, 4.69) is 0 Å². The number of hydrogen-bond donors (Lipinski definition) is 1. The van der Waals surface area contributed by atoms with Crippen LogP contribution >= 0.6 is 0 Å². The van der Waals surface area contributed by atoms with Crippen LogP contribution in [-0.4, -0.2) is 11.3 Å². The molecule has 0 saturated heterocycles. The number of benzene rings is 2. The highest BCUT2D eigenvalue weighted by Gasteiger charge is 2.11. The standard InChI is InChI=1S/C15H14O3/c1-10-6-5-8-12(11(10)2)13-7-3-4-9-14(13)18-15(16)17/h3-9H,1-2H3,(H,16,17). The smallest absolute Gasteiger partial charge is 0.449 e. The van der Waals surface area contributed by atoms with Gasteiger partial charge in [0.05, 0.1) is 0 Å². The van der Waals surface area contributed by atoms with Gasteiger partial charge in [0, 0.05) is 5.56 Å². The van der Waals surface area contributed by atoms with E-state index in [1.807, 2.05) is 44.2 Å². The van der Waals surface area contributed by atoms with Gasteiger partial charge in [-0.3, -0.25) is 0 Å². The van der Waals surface area contributed by atoms with E-state index in [1.165, 1.54) is 0 Å².